The minimum atomic E-state index is -0.201. The first kappa shape index (κ1) is 14.9. The number of rotatable bonds is 4. The Morgan fingerprint density at radius 2 is 2.23 bits per heavy atom. The predicted molar refractivity (Wildman–Crippen MR) is 88.3 cm³/mol. The lowest BCUT2D eigenvalue weighted by molar-refractivity contribution is 0.102. The third-order valence-electron chi connectivity index (χ3n) is 3.17. The molecule has 6 heteroatoms. The standard InChI is InChI=1S/C16H13FN2OS2/c1-10-2-3-11(7-14(10)17)6-13-8-18-16(22-13)19-15(20)12-4-5-21-9-12/h2-5,7-9H,6H2,1H3,(H,18,19,20). The number of thiazole rings is 1. The second-order valence-corrected chi connectivity index (χ2v) is 6.75. The molecule has 0 aliphatic rings. The van der Waals surface area contributed by atoms with Crippen molar-refractivity contribution in [1.29, 1.82) is 0 Å². The lowest BCUT2D eigenvalue weighted by atomic mass is 10.1. The van der Waals surface area contributed by atoms with Crippen LogP contribution in [0, 0.1) is 12.7 Å². The van der Waals surface area contributed by atoms with E-state index < -0.39 is 0 Å². The van der Waals surface area contributed by atoms with Crippen molar-refractivity contribution in [3.8, 4) is 0 Å². The zero-order chi connectivity index (χ0) is 15.5. The molecule has 0 aliphatic heterocycles. The molecular weight excluding hydrogens is 319 g/mol. The molecular formula is C16H13FN2OS2. The molecule has 0 saturated carbocycles. The van der Waals surface area contributed by atoms with Crippen molar-refractivity contribution in [3.05, 3.63) is 68.6 Å². The summed E-state index contributed by atoms with van der Waals surface area (Å²) in [5, 5.41) is 6.97. The van der Waals surface area contributed by atoms with Gasteiger partial charge in [-0.25, -0.2) is 9.37 Å². The average molecular weight is 332 g/mol. The van der Waals surface area contributed by atoms with E-state index in [4.69, 9.17) is 0 Å². The normalized spacial score (nSPS) is 10.6. The largest absolute Gasteiger partial charge is 0.298 e. The van der Waals surface area contributed by atoms with E-state index >= 15 is 0 Å². The van der Waals surface area contributed by atoms with Gasteiger partial charge in [-0.05, 0) is 35.6 Å². The van der Waals surface area contributed by atoms with Gasteiger partial charge < -0.3 is 0 Å². The number of nitrogens with one attached hydrogen (secondary N) is 1. The molecule has 0 spiro atoms. The number of carbonyl (C=O) groups is 1. The van der Waals surface area contributed by atoms with Crippen molar-refractivity contribution in [2.75, 3.05) is 5.32 Å². The van der Waals surface area contributed by atoms with Crippen molar-refractivity contribution < 1.29 is 9.18 Å². The molecule has 0 aliphatic carbocycles. The quantitative estimate of drug-likeness (QED) is 0.764. The van der Waals surface area contributed by atoms with Gasteiger partial charge in [0.2, 0.25) is 0 Å². The molecule has 22 heavy (non-hydrogen) atoms. The van der Waals surface area contributed by atoms with E-state index in [2.05, 4.69) is 10.3 Å². The van der Waals surface area contributed by atoms with Gasteiger partial charge in [-0.1, -0.05) is 12.1 Å². The number of aromatic nitrogens is 1. The van der Waals surface area contributed by atoms with Gasteiger partial charge in [0.25, 0.3) is 5.91 Å². The summed E-state index contributed by atoms with van der Waals surface area (Å²) in [4.78, 5) is 17.1. The van der Waals surface area contributed by atoms with Gasteiger partial charge in [0.1, 0.15) is 5.82 Å². The van der Waals surface area contributed by atoms with Gasteiger partial charge in [-0.2, -0.15) is 11.3 Å². The highest BCUT2D eigenvalue weighted by molar-refractivity contribution is 7.15. The summed E-state index contributed by atoms with van der Waals surface area (Å²) in [5.74, 6) is -0.364. The van der Waals surface area contributed by atoms with Crippen LogP contribution in [0.1, 0.15) is 26.4 Å². The van der Waals surface area contributed by atoms with Crippen LogP contribution in [0.15, 0.2) is 41.2 Å². The topological polar surface area (TPSA) is 42.0 Å². The Balaban J connectivity index is 1.68. The molecule has 112 valence electrons. The van der Waals surface area contributed by atoms with Crippen LogP contribution in [0.4, 0.5) is 9.52 Å². The second-order valence-electron chi connectivity index (χ2n) is 4.86. The third kappa shape index (κ3) is 3.40. The number of halogens is 1. The number of anilines is 1. The number of benzene rings is 1. The predicted octanol–water partition coefficient (Wildman–Crippen LogP) is 4.50. The lowest BCUT2D eigenvalue weighted by Gasteiger charge is -2.01. The second kappa shape index (κ2) is 6.37. The minimum Gasteiger partial charge on any atom is -0.298 e. The Morgan fingerprint density at radius 3 is 2.95 bits per heavy atom. The maximum Gasteiger partial charge on any atom is 0.258 e. The third-order valence-corrected chi connectivity index (χ3v) is 4.77. The molecule has 2 heterocycles. The fourth-order valence-corrected chi connectivity index (χ4v) is 3.44. The monoisotopic (exact) mass is 332 g/mol. The molecule has 2 aromatic heterocycles. The highest BCUT2D eigenvalue weighted by Gasteiger charge is 2.10. The Morgan fingerprint density at radius 1 is 1.36 bits per heavy atom. The summed E-state index contributed by atoms with van der Waals surface area (Å²) in [6, 6.07) is 6.98. The number of hydrogen-bond acceptors (Lipinski definition) is 4. The van der Waals surface area contributed by atoms with Gasteiger partial charge in [0.05, 0.1) is 5.56 Å². The lowest BCUT2D eigenvalue weighted by Crippen LogP contribution is -2.10. The first-order chi connectivity index (χ1) is 10.6. The summed E-state index contributed by atoms with van der Waals surface area (Å²) >= 11 is 2.88. The Kier molecular flexibility index (Phi) is 4.31. The van der Waals surface area contributed by atoms with Gasteiger partial charge in [0, 0.05) is 22.9 Å². The van der Waals surface area contributed by atoms with Crippen LogP contribution in [0.3, 0.4) is 0 Å². The first-order valence-electron chi connectivity index (χ1n) is 6.65. The van der Waals surface area contributed by atoms with E-state index in [0.29, 0.717) is 22.7 Å². The molecule has 0 saturated heterocycles. The Bertz CT molecular complexity index is 796. The van der Waals surface area contributed by atoms with Gasteiger partial charge in [0.15, 0.2) is 5.13 Å². The summed E-state index contributed by atoms with van der Waals surface area (Å²) in [5.41, 5.74) is 2.15. The van der Waals surface area contributed by atoms with Crippen molar-refractivity contribution in [1.82, 2.24) is 4.98 Å². The van der Waals surface area contributed by atoms with Crippen molar-refractivity contribution in [2.24, 2.45) is 0 Å². The van der Waals surface area contributed by atoms with Crippen LogP contribution >= 0.6 is 22.7 Å². The molecule has 3 rings (SSSR count). The number of aryl methyl sites for hydroxylation is 1. The summed E-state index contributed by atoms with van der Waals surface area (Å²) in [7, 11) is 0. The minimum absolute atomic E-state index is 0.163. The average Bonchev–Trinajstić information content (AvgIpc) is 3.15. The highest BCUT2D eigenvalue weighted by Crippen LogP contribution is 2.22. The smallest absolute Gasteiger partial charge is 0.258 e. The van der Waals surface area contributed by atoms with Crippen LogP contribution in [-0.4, -0.2) is 10.9 Å². The van der Waals surface area contributed by atoms with Crippen molar-refractivity contribution in [3.63, 3.8) is 0 Å². The van der Waals surface area contributed by atoms with E-state index in [1.807, 2.05) is 11.4 Å². The molecule has 3 aromatic rings. The van der Waals surface area contributed by atoms with Gasteiger partial charge in [-0.3, -0.25) is 10.1 Å². The fraction of sp³-hybridized carbons (Fsp3) is 0.125. The Labute approximate surface area is 135 Å². The molecule has 3 nitrogen and oxygen atoms in total. The van der Waals surface area contributed by atoms with E-state index in [-0.39, 0.29) is 11.7 Å². The van der Waals surface area contributed by atoms with E-state index in [9.17, 15) is 9.18 Å². The van der Waals surface area contributed by atoms with Crippen LogP contribution in [-0.2, 0) is 6.42 Å². The van der Waals surface area contributed by atoms with Crippen LogP contribution < -0.4 is 5.32 Å². The zero-order valence-electron chi connectivity index (χ0n) is 11.8. The van der Waals surface area contributed by atoms with Crippen molar-refractivity contribution in [2.45, 2.75) is 13.3 Å². The SMILES string of the molecule is Cc1ccc(Cc2cnc(NC(=O)c3ccsc3)s2)cc1F. The summed E-state index contributed by atoms with van der Waals surface area (Å²) < 4.78 is 13.5. The van der Waals surface area contributed by atoms with Gasteiger partial charge >= 0.3 is 0 Å². The Hall–Kier alpha value is -2.05. The van der Waals surface area contributed by atoms with Crippen LogP contribution in [0.5, 0.6) is 0 Å². The number of thiophene rings is 1. The molecule has 0 atom stereocenters. The molecule has 1 amide bonds. The summed E-state index contributed by atoms with van der Waals surface area (Å²) in [6.07, 6.45) is 2.31. The van der Waals surface area contributed by atoms with Crippen LogP contribution in [0.2, 0.25) is 0 Å². The number of carbonyl (C=O) groups excluding carboxylic acids is 1. The van der Waals surface area contributed by atoms with Crippen LogP contribution in [0.25, 0.3) is 0 Å². The van der Waals surface area contributed by atoms with E-state index in [1.54, 1.807) is 36.7 Å². The van der Waals surface area contributed by atoms with Crippen molar-refractivity contribution >= 4 is 33.7 Å². The first-order valence-corrected chi connectivity index (χ1v) is 8.41. The molecule has 0 fully saturated rings. The van der Waals surface area contributed by atoms with E-state index in [1.165, 1.54) is 22.7 Å². The molecule has 0 unspecified atom stereocenters. The number of hydrogen-bond donors (Lipinski definition) is 1. The van der Waals surface area contributed by atoms with E-state index in [0.717, 1.165) is 10.4 Å². The zero-order valence-corrected chi connectivity index (χ0v) is 13.4. The molecule has 1 aromatic carbocycles. The number of nitrogens with zero attached hydrogens (tertiary/aromatic N) is 1. The summed E-state index contributed by atoms with van der Waals surface area (Å²) in [6.45, 7) is 1.74. The fourth-order valence-electron chi connectivity index (χ4n) is 1.96. The molecule has 0 bridgehead atoms. The maximum atomic E-state index is 13.5. The number of amides is 1. The molecule has 0 radical (unpaired) electrons. The maximum absolute atomic E-state index is 13.5. The molecule has 1 N–H and O–H groups in total. The van der Waals surface area contributed by atoms with Gasteiger partial charge in [-0.15, -0.1) is 11.3 Å². The highest BCUT2D eigenvalue weighted by atomic mass is 32.1.